The van der Waals surface area contributed by atoms with E-state index in [9.17, 15) is 4.79 Å². The summed E-state index contributed by atoms with van der Waals surface area (Å²) in [5.74, 6) is 0. The van der Waals surface area contributed by atoms with Crippen molar-refractivity contribution < 1.29 is 14.6 Å². The van der Waals surface area contributed by atoms with E-state index in [1.54, 1.807) is 0 Å². The molecule has 17 heavy (non-hydrogen) atoms. The average molecular weight is 249 g/mol. The number of hydrogen-bond acceptors (Lipinski definition) is 3. The summed E-state index contributed by atoms with van der Waals surface area (Å²) in [5, 5.41) is 11.1. The van der Waals surface area contributed by atoms with Gasteiger partial charge < -0.3 is 15.2 Å². The molecule has 0 spiro atoms. The molecular formula is C13H31NO3. The molecule has 0 aromatic rings. The van der Waals surface area contributed by atoms with Crippen molar-refractivity contribution in [3.8, 4) is 0 Å². The molecule has 2 N–H and O–H groups in total. The van der Waals surface area contributed by atoms with Crippen LogP contribution in [0.1, 0.15) is 61.3 Å². The molecule has 0 heterocycles. The molecule has 0 aliphatic heterocycles. The third-order valence-electron chi connectivity index (χ3n) is 1.25. The van der Waals surface area contributed by atoms with E-state index in [4.69, 9.17) is 9.84 Å². The van der Waals surface area contributed by atoms with Crippen LogP contribution in [0.15, 0.2) is 0 Å². The van der Waals surface area contributed by atoms with Crippen LogP contribution < -0.4 is 5.32 Å². The number of aliphatic hydroxyl groups excluding tert-OH is 1. The van der Waals surface area contributed by atoms with E-state index in [-0.39, 0.29) is 6.61 Å². The standard InChI is InChI=1S/C9H19NO3.2C2H6/c1-9(2,3)13-8(12)10-6-4-5-7-11;2*1-2/h11H,4-7H2,1-3H3,(H,10,12);2*1-2H3. The van der Waals surface area contributed by atoms with Crippen molar-refractivity contribution in [2.24, 2.45) is 0 Å². The first-order valence-electron chi connectivity index (χ1n) is 6.53. The summed E-state index contributed by atoms with van der Waals surface area (Å²) in [7, 11) is 0. The minimum atomic E-state index is -0.443. The minimum Gasteiger partial charge on any atom is -0.444 e. The molecule has 0 saturated heterocycles. The molecule has 0 aromatic carbocycles. The zero-order chi connectivity index (χ0) is 14.3. The zero-order valence-electron chi connectivity index (χ0n) is 12.6. The maximum Gasteiger partial charge on any atom is 0.407 e. The normalized spacial score (nSPS) is 9.18. The van der Waals surface area contributed by atoms with Crippen LogP contribution in [0.3, 0.4) is 0 Å². The Kier molecular flexibility index (Phi) is 19.3. The Morgan fingerprint density at radius 1 is 1.12 bits per heavy atom. The van der Waals surface area contributed by atoms with E-state index in [0.29, 0.717) is 13.0 Å². The van der Waals surface area contributed by atoms with Gasteiger partial charge in [-0.15, -0.1) is 0 Å². The van der Waals surface area contributed by atoms with Crippen LogP contribution in [0, 0.1) is 0 Å². The van der Waals surface area contributed by atoms with Crippen LogP contribution in [0.2, 0.25) is 0 Å². The van der Waals surface area contributed by atoms with Gasteiger partial charge in [-0.05, 0) is 33.6 Å². The number of rotatable bonds is 4. The number of nitrogens with one attached hydrogen (secondary N) is 1. The fourth-order valence-electron chi connectivity index (χ4n) is 0.741. The maximum atomic E-state index is 11.0. The van der Waals surface area contributed by atoms with E-state index in [2.05, 4.69) is 5.32 Å². The van der Waals surface area contributed by atoms with Crippen LogP contribution in [0.4, 0.5) is 4.79 Å². The first kappa shape index (κ1) is 21.5. The van der Waals surface area contributed by atoms with Gasteiger partial charge in [-0.25, -0.2) is 4.79 Å². The fraction of sp³-hybridized carbons (Fsp3) is 0.923. The van der Waals surface area contributed by atoms with Gasteiger partial charge >= 0.3 is 6.09 Å². The Morgan fingerprint density at radius 2 is 1.59 bits per heavy atom. The highest BCUT2D eigenvalue weighted by atomic mass is 16.6. The van der Waals surface area contributed by atoms with Crippen molar-refractivity contribution in [1.82, 2.24) is 5.32 Å². The van der Waals surface area contributed by atoms with Crippen LogP contribution in [-0.4, -0.2) is 30.0 Å². The van der Waals surface area contributed by atoms with Crippen molar-refractivity contribution in [1.29, 1.82) is 0 Å². The Balaban J connectivity index is -0.000000439. The SMILES string of the molecule is CC.CC.CC(C)(C)OC(=O)NCCCCO. The monoisotopic (exact) mass is 249 g/mol. The summed E-state index contributed by atoms with van der Waals surface area (Å²) in [6.07, 6.45) is 1.08. The van der Waals surface area contributed by atoms with E-state index >= 15 is 0 Å². The summed E-state index contributed by atoms with van der Waals surface area (Å²) < 4.78 is 5.01. The quantitative estimate of drug-likeness (QED) is 0.751. The Bertz CT molecular complexity index is 153. The lowest BCUT2D eigenvalue weighted by molar-refractivity contribution is 0.0526. The second kappa shape index (κ2) is 15.2. The van der Waals surface area contributed by atoms with E-state index in [0.717, 1.165) is 6.42 Å². The molecule has 0 bridgehead atoms. The molecule has 0 aliphatic carbocycles. The summed E-state index contributed by atoms with van der Waals surface area (Å²) in [6, 6.07) is 0. The largest absolute Gasteiger partial charge is 0.444 e. The molecule has 0 aliphatic rings. The van der Waals surface area contributed by atoms with Gasteiger partial charge in [-0.3, -0.25) is 0 Å². The number of ether oxygens (including phenoxy) is 1. The molecule has 0 fully saturated rings. The Morgan fingerprint density at radius 3 is 1.94 bits per heavy atom. The maximum absolute atomic E-state index is 11.0. The average Bonchev–Trinajstić information content (AvgIpc) is 2.28. The number of unbranched alkanes of at least 4 members (excludes halogenated alkanes) is 1. The van der Waals surface area contributed by atoms with Gasteiger partial charge in [0.2, 0.25) is 0 Å². The minimum absolute atomic E-state index is 0.163. The molecular weight excluding hydrogens is 218 g/mol. The van der Waals surface area contributed by atoms with Crippen molar-refractivity contribution >= 4 is 6.09 Å². The predicted octanol–water partition coefficient (Wildman–Crippen LogP) is 3.34. The van der Waals surface area contributed by atoms with Crippen molar-refractivity contribution in [2.75, 3.05) is 13.2 Å². The van der Waals surface area contributed by atoms with Gasteiger partial charge in [-0.2, -0.15) is 0 Å². The second-order valence-electron chi connectivity index (χ2n) is 3.86. The zero-order valence-corrected chi connectivity index (χ0v) is 12.6. The highest BCUT2D eigenvalue weighted by Crippen LogP contribution is 2.06. The van der Waals surface area contributed by atoms with Crippen LogP contribution >= 0.6 is 0 Å². The fourth-order valence-corrected chi connectivity index (χ4v) is 0.741. The van der Waals surface area contributed by atoms with Gasteiger partial charge in [0.15, 0.2) is 0 Å². The topological polar surface area (TPSA) is 58.6 Å². The molecule has 4 heteroatoms. The molecule has 106 valence electrons. The van der Waals surface area contributed by atoms with E-state index in [1.807, 2.05) is 48.5 Å². The molecule has 1 amide bonds. The van der Waals surface area contributed by atoms with Crippen LogP contribution in [-0.2, 0) is 4.74 Å². The van der Waals surface area contributed by atoms with Crippen LogP contribution in [0.5, 0.6) is 0 Å². The highest BCUT2D eigenvalue weighted by molar-refractivity contribution is 5.67. The van der Waals surface area contributed by atoms with E-state index in [1.165, 1.54) is 0 Å². The summed E-state index contributed by atoms with van der Waals surface area (Å²) in [5.41, 5.74) is -0.443. The van der Waals surface area contributed by atoms with Gasteiger partial charge in [-0.1, -0.05) is 27.7 Å². The lowest BCUT2D eigenvalue weighted by atomic mass is 10.2. The lowest BCUT2D eigenvalue weighted by Gasteiger charge is -2.19. The van der Waals surface area contributed by atoms with Gasteiger partial charge in [0.1, 0.15) is 5.60 Å². The van der Waals surface area contributed by atoms with E-state index < -0.39 is 11.7 Å². The molecule has 4 nitrogen and oxygen atoms in total. The summed E-state index contributed by atoms with van der Waals surface area (Å²) >= 11 is 0. The first-order chi connectivity index (χ1) is 7.95. The lowest BCUT2D eigenvalue weighted by Crippen LogP contribution is -2.33. The Labute approximate surface area is 107 Å². The smallest absolute Gasteiger partial charge is 0.407 e. The summed E-state index contributed by atoms with van der Waals surface area (Å²) in [4.78, 5) is 11.0. The predicted molar refractivity (Wildman–Crippen MR) is 73.3 cm³/mol. The van der Waals surface area contributed by atoms with Crippen LogP contribution in [0.25, 0.3) is 0 Å². The third-order valence-corrected chi connectivity index (χ3v) is 1.25. The number of carbonyl (C=O) groups excluding carboxylic acids is 1. The van der Waals surface area contributed by atoms with Gasteiger partial charge in [0, 0.05) is 13.2 Å². The molecule has 0 aromatic heterocycles. The summed E-state index contributed by atoms with van der Waals surface area (Å²) in [6.45, 7) is 14.2. The van der Waals surface area contributed by atoms with Crippen molar-refractivity contribution in [2.45, 2.75) is 66.9 Å². The molecule has 0 atom stereocenters. The third kappa shape index (κ3) is 25.5. The second-order valence-corrected chi connectivity index (χ2v) is 3.86. The number of amides is 1. The van der Waals surface area contributed by atoms with Gasteiger partial charge in [0.25, 0.3) is 0 Å². The van der Waals surface area contributed by atoms with Gasteiger partial charge in [0.05, 0.1) is 0 Å². The number of carbonyl (C=O) groups is 1. The Hall–Kier alpha value is -0.770. The first-order valence-corrected chi connectivity index (χ1v) is 6.53. The number of aliphatic hydroxyl groups is 1. The molecule has 0 rings (SSSR count). The molecule has 0 unspecified atom stereocenters. The molecule has 0 radical (unpaired) electrons. The van der Waals surface area contributed by atoms with Crippen molar-refractivity contribution in [3.63, 3.8) is 0 Å². The highest BCUT2D eigenvalue weighted by Gasteiger charge is 2.15. The number of alkyl carbamates (subject to hydrolysis) is 1. The molecule has 0 saturated carbocycles. The number of hydrogen-bond donors (Lipinski definition) is 2. The van der Waals surface area contributed by atoms with Crippen molar-refractivity contribution in [3.05, 3.63) is 0 Å².